The highest BCUT2D eigenvalue weighted by molar-refractivity contribution is 6.02. The maximum absolute atomic E-state index is 12.0. The highest BCUT2D eigenvalue weighted by Gasteiger charge is 2.10. The van der Waals surface area contributed by atoms with Crippen molar-refractivity contribution in [3.8, 4) is 5.75 Å². The Bertz CT molecular complexity index is 767. The summed E-state index contributed by atoms with van der Waals surface area (Å²) >= 11 is 0. The highest BCUT2D eigenvalue weighted by atomic mass is 16.5. The Morgan fingerprint density at radius 3 is 2.31 bits per heavy atom. The topological polar surface area (TPSA) is 67.9 Å². The number of anilines is 2. The van der Waals surface area contributed by atoms with E-state index in [1.54, 1.807) is 37.4 Å². The van der Waals surface area contributed by atoms with Crippen molar-refractivity contribution in [2.45, 2.75) is 6.92 Å². The van der Waals surface area contributed by atoms with Crippen LogP contribution in [0.15, 0.2) is 54.6 Å². The third-order valence-corrected chi connectivity index (χ3v) is 3.59. The Hall–Kier alpha value is -3.28. The largest absolute Gasteiger partial charge is 0.494 e. The monoisotopic (exact) mass is 354 g/mol. The molecule has 0 aliphatic heterocycles. The Labute approximate surface area is 153 Å². The lowest BCUT2D eigenvalue weighted by Gasteiger charge is -2.15. The number of amides is 2. The van der Waals surface area contributed by atoms with Gasteiger partial charge in [0.25, 0.3) is 0 Å². The molecule has 0 bridgehead atoms. The van der Waals surface area contributed by atoms with E-state index in [0.29, 0.717) is 18.0 Å². The maximum Gasteiger partial charge on any atom is 0.413 e. The average molecular weight is 354 g/mol. The molecular formula is C20H22N2O4. The summed E-state index contributed by atoms with van der Waals surface area (Å²) in [6, 6.07) is 14.4. The number of methoxy groups -OCH3 is 1. The zero-order valence-electron chi connectivity index (χ0n) is 15.1. The van der Waals surface area contributed by atoms with Crippen molar-refractivity contribution in [2.24, 2.45) is 0 Å². The molecule has 2 amide bonds. The Morgan fingerprint density at radius 1 is 1.08 bits per heavy atom. The number of hydrogen-bond donors (Lipinski definition) is 1. The highest BCUT2D eigenvalue weighted by Crippen LogP contribution is 2.18. The summed E-state index contributed by atoms with van der Waals surface area (Å²) in [7, 11) is 2.93. The van der Waals surface area contributed by atoms with Gasteiger partial charge in [-0.3, -0.25) is 9.69 Å². The first-order valence-corrected chi connectivity index (χ1v) is 8.17. The van der Waals surface area contributed by atoms with E-state index >= 15 is 0 Å². The second kappa shape index (κ2) is 9.27. The van der Waals surface area contributed by atoms with E-state index in [4.69, 9.17) is 4.74 Å². The zero-order chi connectivity index (χ0) is 18.9. The lowest BCUT2D eigenvalue weighted by molar-refractivity contribution is -0.111. The van der Waals surface area contributed by atoms with Gasteiger partial charge in [-0.1, -0.05) is 12.1 Å². The normalized spacial score (nSPS) is 10.4. The molecule has 0 aliphatic carbocycles. The molecule has 2 aromatic carbocycles. The lowest BCUT2D eigenvalue weighted by Crippen LogP contribution is -2.25. The number of carbonyl (C=O) groups excluding carboxylic acids is 2. The van der Waals surface area contributed by atoms with Crippen LogP contribution in [-0.2, 0) is 9.53 Å². The van der Waals surface area contributed by atoms with Crippen LogP contribution in [-0.4, -0.2) is 32.8 Å². The van der Waals surface area contributed by atoms with Crippen LogP contribution >= 0.6 is 0 Å². The van der Waals surface area contributed by atoms with Crippen molar-refractivity contribution < 1.29 is 19.1 Å². The van der Waals surface area contributed by atoms with E-state index < -0.39 is 6.09 Å². The van der Waals surface area contributed by atoms with E-state index in [1.165, 1.54) is 18.1 Å². The van der Waals surface area contributed by atoms with Crippen molar-refractivity contribution in [3.05, 3.63) is 60.2 Å². The SMILES string of the molecule is CCOc1ccc(/C=C/C(=O)Nc2ccc(N(C)C(=O)OC)cc2)cc1. The van der Waals surface area contributed by atoms with Crippen LogP contribution in [0.2, 0.25) is 0 Å². The minimum absolute atomic E-state index is 0.243. The molecule has 0 radical (unpaired) electrons. The molecule has 136 valence electrons. The van der Waals surface area contributed by atoms with Gasteiger partial charge in [0.05, 0.1) is 13.7 Å². The molecule has 0 heterocycles. The number of carbonyl (C=O) groups is 2. The molecule has 26 heavy (non-hydrogen) atoms. The van der Waals surface area contributed by atoms with Gasteiger partial charge in [-0.25, -0.2) is 4.79 Å². The van der Waals surface area contributed by atoms with Gasteiger partial charge in [-0.05, 0) is 55.0 Å². The van der Waals surface area contributed by atoms with Crippen molar-refractivity contribution in [1.82, 2.24) is 0 Å². The molecule has 0 saturated carbocycles. The summed E-state index contributed by atoms with van der Waals surface area (Å²) in [6.45, 7) is 2.55. The van der Waals surface area contributed by atoms with Crippen molar-refractivity contribution in [3.63, 3.8) is 0 Å². The molecule has 0 saturated heterocycles. The second-order valence-electron chi connectivity index (χ2n) is 5.40. The van der Waals surface area contributed by atoms with Gasteiger partial charge in [-0.2, -0.15) is 0 Å². The van der Waals surface area contributed by atoms with Gasteiger partial charge in [0.2, 0.25) is 5.91 Å². The Morgan fingerprint density at radius 2 is 1.73 bits per heavy atom. The third-order valence-electron chi connectivity index (χ3n) is 3.59. The molecule has 0 unspecified atom stereocenters. The van der Waals surface area contributed by atoms with Crippen LogP contribution in [0.3, 0.4) is 0 Å². The van der Waals surface area contributed by atoms with E-state index in [-0.39, 0.29) is 5.91 Å². The molecular weight excluding hydrogens is 332 g/mol. The van der Waals surface area contributed by atoms with Crippen LogP contribution < -0.4 is 15.0 Å². The van der Waals surface area contributed by atoms with Crippen molar-refractivity contribution >= 4 is 29.5 Å². The number of rotatable bonds is 6. The summed E-state index contributed by atoms with van der Waals surface area (Å²) in [5.74, 6) is 0.555. The predicted molar refractivity (Wildman–Crippen MR) is 103 cm³/mol. The number of ether oxygens (including phenoxy) is 2. The first-order chi connectivity index (χ1) is 12.5. The molecule has 0 aliphatic rings. The number of nitrogens with one attached hydrogen (secondary N) is 1. The molecule has 0 fully saturated rings. The fourth-order valence-electron chi connectivity index (χ4n) is 2.21. The summed E-state index contributed by atoms with van der Waals surface area (Å²) in [6.07, 6.45) is 2.73. The van der Waals surface area contributed by atoms with Gasteiger partial charge in [0, 0.05) is 24.5 Å². The lowest BCUT2D eigenvalue weighted by atomic mass is 10.2. The van der Waals surface area contributed by atoms with E-state index in [9.17, 15) is 9.59 Å². The van der Waals surface area contributed by atoms with E-state index in [0.717, 1.165) is 11.3 Å². The molecule has 2 rings (SSSR count). The van der Waals surface area contributed by atoms with Crippen LogP contribution in [0.4, 0.5) is 16.2 Å². The third kappa shape index (κ3) is 5.37. The molecule has 2 aromatic rings. The Kier molecular flexibility index (Phi) is 6.79. The van der Waals surface area contributed by atoms with Gasteiger partial charge in [0.1, 0.15) is 5.75 Å². The molecule has 1 N–H and O–H groups in total. The molecule has 0 aromatic heterocycles. The minimum atomic E-state index is -0.458. The number of nitrogens with zero attached hydrogens (tertiary/aromatic N) is 1. The first kappa shape index (κ1) is 19.1. The summed E-state index contributed by atoms with van der Waals surface area (Å²) in [5, 5.41) is 2.77. The first-order valence-electron chi connectivity index (χ1n) is 8.17. The van der Waals surface area contributed by atoms with Crippen LogP contribution in [0.25, 0.3) is 6.08 Å². The van der Waals surface area contributed by atoms with Crippen LogP contribution in [0, 0.1) is 0 Å². The van der Waals surface area contributed by atoms with E-state index in [1.807, 2.05) is 31.2 Å². The number of hydrogen-bond acceptors (Lipinski definition) is 4. The average Bonchev–Trinajstić information content (AvgIpc) is 2.67. The van der Waals surface area contributed by atoms with Crippen molar-refractivity contribution in [2.75, 3.05) is 31.0 Å². The number of benzene rings is 2. The molecule has 0 spiro atoms. The van der Waals surface area contributed by atoms with Gasteiger partial charge in [0.15, 0.2) is 0 Å². The predicted octanol–water partition coefficient (Wildman–Crippen LogP) is 3.94. The molecule has 0 atom stereocenters. The van der Waals surface area contributed by atoms with Crippen molar-refractivity contribution in [1.29, 1.82) is 0 Å². The quantitative estimate of drug-likeness (QED) is 0.798. The molecule has 6 heteroatoms. The second-order valence-corrected chi connectivity index (χ2v) is 5.40. The van der Waals surface area contributed by atoms with Gasteiger partial charge in [-0.15, -0.1) is 0 Å². The fourth-order valence-corrected chi connectivity index (χ4v) is 2.21. The standard InChI is InChI=1S/C20H22N2O4/c1-4-26-18-12-5-15(6-13-18)7-14-19(23)21-16-8-10-17(11-9-16)22(2)20(24)25-3/h5-14H,4H2,1-3H3,(H,21,23)/b14-7+. The summed E-state index contributed by atoms with van der Waals surface area (Å²) in [5.41, 5.74) is 2.20. The minimum Gasteiger partial charge on any atom is -0.494 e. The summed E-state index contributed by atoms with van der Waals surface area (Å²) < 4.78 is 10.0. The fraction of sp³-hybridized carbons (Fsp3) is 0.200. The van der Waals surface area contributed by atoms with Crippen LogP contribution in [0.1, 0.15) is 12.5 Å². The molecule has 6 nitrogen and oxygen atoms in total. The Balaban J connectivity index is 1.93. The summed E-state index contributed by atoms with van der Waals surface area (Å²) in [4.78, 5) is 24.9. The van der Waals surface area contributed by atoms with Gasteiger partial charge < -0.3 is 14.8 Å². The smallest absolute Gasteiger partial charge is 0.413 e. The van der Waals surface area contributed by atoms with Crippen LogP contribution in [0.5, 0.6) is 5.75 Å². The van der Waals surface area contributed by atoms with Gasteiger partial charge >= 0.3 is 6.09 Å². The maximum atomic E-state index is 12.0. The van der Waals surface area contributed by atoms with E-state index in [2.05, 4.69) is 10.1 Å². The zero-order valence-corrected chi connectivity index (χ0v) is 15.1.